The monoisotopic (exact) mass is 372 g/mol. The maximum atomic E-state index is 13.8. The summed E-state index contributed by atoms with van der Waals surface area (Å²) in [6, 6.07) is 4.48. The summed E-state index contributed by atoms with van der Waals surface area (Å²) in [4.78, 5) is 15.9. The summed E-state index contributed by atoms with van der Waals surface area (Å²) >= 11 is 0. The van der Waals surface area contributed by atoms with Crippen LogP contribution in [-0.4, -0.2) is 68.9 Å². The Hall–Kier alpha value is -1.67. The standard InChI is InChI=1S/C17H25FN2O4S/c1-4-20(10-13-5-6-16(24-3)15(18)9-13)11-17(21)19(2)14-7-8-25(22,23)12-14/h5-6,9,14H,4,7-8,10-12H2,1-3H3. The van der Waals surface area contributed by atoms with Crippen LogP contribution in [0, 0.1) is 5.82 Å². The second-order valence-electron chi connectivity index (χ2n) is 6.33. The zero-order valence-electron chi connectivity index (χ0n) is 14.9. The Morgan fingerprint density at radius 1 is 1.40 bits per heavy atom. The predicted octanol–water partition coefficient (Wildman–Crippen LogP) is 1.30. The fraction of sp³-hybridized carbons (Fsp3) is 0.588. The third kappa shape index (κ3) is 5.15. The van der Waals surface area contributed by atoms with Crippen LogP contribution in [0.3, 0.4) is 0 Å². The molecule has 0 aliphatic carbocycles. The van der Waals surface area contributed by atoms with Crippen LogP contribution >= 0.6 is 0 Å². The van der Waals surface area contributed by atoms with E-state index in [1.54, 1.807) is 19.2 Å². The van der Waals surface area contributed by atoms with Crippen LogP contribution in [-0.2, 0) is 21.2 Å². The van der Waals surface area contributed by atoms with Gasteiger partial charge in [0, 0.05) is 19.6 Å². The molecule has 140 valence electrons. The molecule has 25 heavy (non-hydrogen) atoms. The van der Waals surface area contributed by atoms with Gasteiger partial charge in [-0.1, -0.05) is 13.0 Å². The number of ether oxygens (including phenoxy) is 1. The number of amides is 1. The van der Waals surface area contributed by atoms with Gasteiger partial charge in [-0.15, -0.1) is 0 Å². The first-order valence-electron chi connectivity index (χ1n) is 8.26. The van der Waals surface area contributed by atoms with Crippen molar-refractivity contribution >= 4 is 15.7 Å². The minimum absolute atomic E-state index is 0.0328. The van der Waals surface area contributed by atoms with E-state index in [0.717, 1.165) is 5.56 Å². The molecule has 1 heterocycles. The van der Waals surface area contributed by atoms with Crippen molar-refractivity contribution in [1.29, 1.82) is 0 Å². The molecule has 1 aromatic carbocycles. The number of hydrogen-bond acceptors (Lipinski definition) is 5. The average molecular weight is 372 g/mol. The first-order chi connectivity index (χ1) is 11.8. The summed E-state index contributed by atoms with van der Waals surface area (Å²) in [5.74, 6) is -0.207. The van der Waals surface area contributed by atoms with Crippen molar-refractivity contribution in [2.24, 2.45) is 0 Å². The highest BCUT2D eigenvalue weighted by Crippen LogP contribution is 2.19. The molecule has 0 N–H and O–H groups in total. The van der Waals surface area contributed by atoms with Crippen molar-refractivity contribution < 1.29 is 22.3 Å². The van der Waals surface area contributed by atoms with Crippen molar-refractivity contribution in [3.8, 4) is 5.75 Å². The number of likely N-dealkylation sites (N-methyl/N-ethyl adjacent to an activating group) is 2. The number of hydrogen-bond donors (Lipinski definition) is 0. The van der Waals surface area contributed by atoms with E-state index < -0.39 is 15.7 Å². The summed E-state index contributed by atoms with van der Waals surface area (Å²) < 4.78 is 41.9. The van der Waals surface area contributed by atoms with E-state index >= 15 is 0 Å². The van der Waals surface area contributed by atoms with Gasteiger partial charge in [0.05, 0.1) is 25.2 Å². The van der Waals surface area contributed by atoms with Crippen molar-refractivity contribution in [2.75, 3.05) is 38.8 Å². The maximum Gasteiger partial charge on any atom is 0.236 e. The van der Waals surface area contributed by atoms with Gasteiger partial charge in [0.25, 0.3) is 0 Å². The molecule has 8 heteroatoms. The third-order valence-electron chi connectivity index (χ3n) is 4.58. The Bertz CT molecular complexity index is 723. The number of rotatable bonds is 7. The minimum Gasteiger partial charge on any atom is -0.494 e. The van der Waals surface area contributed by atoms with Crippen LogP contribution in [0.2, 0.25) is 0 Å². The topological polar surface area (TPSA) is 66.9 Å². The van der Waals surface area contributed by atoms with Gasteiger partial charge in [-0.3, -0.25) is 9.69 Å². The molecule has 6 nitrogen and oxygen atoms in total. The number of sulfone groups is 1. The largest absolute Gasteiger partial charge is 0.494 e. The molecule has 0 bridgehead atoms. The number of carbonyl (C=O) groups is 1. The van der Waals surface area contributed by atoms with Gasteiger partial charge < -0.3 is 9.64 Å². The van der Waals surface area contributed by atoms with Crippen LogP contribution in [0.1, 0.15) is 18.9 Å². The quantitative estimate of drug-likeness (QED) is 0.722. The highest BCUT2D eigenvalue weighted by molar-refractivity contribution is 7.91. The Balaban J connectivity index is 1.96. The van der Waals surface area contributed by atoms with E-state index in [-0.39, 0.29) is 35.7 Å². The molecule has 1 saturated heterocycles. The number of benzene rings is 1. The fourth-order valence-corrected chi connectivity index (χ4v) is 4.71. The Morgan fingerprint density at radius 3 is 2.64 bits per heavy atom. The van der Waals surface area contributed by atoms with E-state index in [2.05, 4.69) is 0 Å². The second-order valence-corrected chi connectivity index (χ2v) is 8.56. The molecular formula is C17H25FN2O4S. The highest BCUT2D eigenvalue weighted by atomic mass is 32.2. The smallest absolute Gasteiger partial charge is 0.236 e. The lowest BCUT2D eigenvalue weighted by Crippen LogP contribution is -2.43. The summed E-state index contributed by atoms with van der Waals surface area (Å²) in [6.45, 7) is 3.14. The molecule has 1 unspecified atom stereocenters. The number of halogens is 1. The number of methoxy groups -OCH3 is 1. The van der Waals surface area contributed by atoms with Gasteiger partial charge in [0.1, 0.15) is 0 Å². The van der Waals surface area contributed by atoms with Crippen molar-refractivity contribution in [1.82, 2.24) is 9.80 Å². The average Bonchev–Trinajstić information content (AvgIpc) is 2.93. The summed E-state index contributed by atoms with van der Waals surface area (Å²) in [6.07, 6.45) is 0.486. The molecule has 0 radical (unpaired) electrons. The molecule has 1 aliphatic heterocycles. The zero-order valence-corrected chi connectivity index (χ0v) is 15.7. The van der Waals surface area contributed by atoms with Crippen LogP contribution in [0.5, 0.6) is 5.75 Å². The fourth-order valence-electron chi connectivity index (χ4n) is 2.93. The van der Waals surface area contributed by atoms with E-state index in [1.807, 2.05) is 11.8 Å². The Labute approximate surface area is 148 Å². The van der Waals surface area contributed by atoms with Crippen LogP contribution in [0.25, 0.3) is 0 Å². The summed E-state index contributed by atoms with van der Waals surface area (Å²) in [5, 5.41) is 0. The molecule has 0 saturated carbocycles. The molecule has 1 fully saturated rings. The number of carbonyl (C=O) groups excluding carboxylic acids is 1. The lowest BCUT2D eigenvalue weighted by atomic mass is 10.2. The van der Waals surface area contributed by atoms with E-state index in [1.165, 1.54) is 18.1 Å². The van der Waals surface area contributed by atoms with Crippen molar-refractivity contribution in [3.63, 3.8) is 0 Å². The Morgan fingerprint density at radius 2 is 2.12 bits per heavy atom. The highest BCUT2D eigenvalue weighted by Gasteiger charge is 2.32. The summed E-state index contributed by atoms with van der Waals surface area (Å²) in [5.41, 5.74) is 0.749. The molecule has 0 spiro atoms. The molecule has 1 atom stereocenters. The first kappa shape index (κ1) is 19.7. The number of nitrogens with zero attached hydrogens (tertiary/aromatic N) is 2. The van der Waals surface area contributed by atoms with Gasteiger partial charge >= 0.3 is 0 Å². The van der Waals surface area contributed by atoms with Crippen LogP contribution in [0.4, 0.5) is 4.39 Å². The van der Waals surface area contributed by atoms with Crippen molar-refractivity contribution in [2.45, 2.75) is 25.9 Å². The second kappa shape index (κ2) is 8.14. The minimum atomic E-state index is -3.03. The van der Waals surface area contributed by atoms with Gasteiger partial charge in [-0.05, 0) is 30.7 Å². The first-order valence-corrected chi connectivity index (χ1v) is 10.1. The molecule has 2 rings (SSSR count). The molecular weight excluding hydrogens is 347 g/mol. The van der Waals surface area contributed by atoms with Gasteiger partial charge in [0.2, 0.25) is 5.91 Å². The lowest BCUT2D eigenvalue weighted by Gasteiger charge is -2.27. The molecule has 1 aliphatic rings. The molecule has 1 amide bonds. The predicted molar refractivity (Wildman–Crippen MR) is 93.7 cm³/mol. The molecule has 1 aromatic rings. The van der Waals surface area contributed by atoms with E-state index in [9.17, 15) is 17.6 Å². The lowest BCUT2D eigenvalue weighted by molar-refractivity contribution is -0.132. The Kier molecular flexibility index (Phi) is 6.40. The maximum absolute atomic E-state index is 13.8. The summed E-state index contributed by atoms with van der Waals surface area (Å²) in [7, 11) is 0.0294. The third-order valence-corrected chi connectivity index (χ3v) is 6.33. The van der Waals surface area contributed by atoms with Crippen LogP contribution < -0.4 is 4.74 Å². The molecule has 0 aromatic heterocycles. The van der Waals surface area contributed by atoms with Crippen molar-refractivity contribution in [3.05, 3.63) is 29.6 Å². The van der Waals surface area contributed by atoms with Gasteiger partial charge in [0.15, 0.2) is 21.4 Å². The van der Waals surface area contributed by atoms with Crippen LogP contribution in [0.15, 0.2) is 18.2 Å². The van der Waals surface area contributed by atoms with Gasteiger partial charge in [-0.25, -0.2) is 12.8 Å². The normalized spacial score (nSPS) is 19.2. The zero-order chi connectivity index (χ0) is 18.6. The van der Waals surface area contributed by atoms with E-state index in [4.69, 9.17) is 4.74 Å². The SMILES string of the molecule is CCN(CC(=O)N(C)C1CCS(=O)(=O)C1)Cc1ccc(OC)c(F)c1. The van der Waals surface area contributed by atoms with E-state index in [0.29, 0.717) is 19.5 Å². The van der Waals surface area contributed by atoms with Gasteiger partial charge in [-0.2, -0.15) is 0 Å².